The van der Waals surface area contributed by atoms with Crippen molar-refractivity contribution in [3.8, 4) is 0 Å². The Morgan fingerprint density at radius 2 is 1.88 bits per heavy atom. The van der Waals surface area contributed by atoms with Crippen molar-refractivity contribution in [2.24, 2.45) is 16.1 Å². The van der Waals surface area contributed by atoms with Crippen LogP contribution in [0.15, 0.2) is 45.9 Å². The average Bonchev–Trinajstić information content (AvgIpc) is 2.88. The Hall–Kier alpha value is -3.82. The standard InChI is InChI=1S/C22H21N5O5/c1-21(2)8-12-17(15(29)9-21)22(18-14(28)7-16(23)25-19(18)24-12)11-6-10(27(31)32)4-5-13(11)26(3)20(22)30/h4-6,24H,7-9H2,1-3H3,(H2,23,25). The molecular formula is C22H21N5O5. The molecule has 3 N–H and O–H groups in total. The Morgan fingerprint density at radius 3 is 2.56 bits per heavy atom. The number of amides is 1. The third-order valence-electron chi connectivity index (χ3n) is 6.59. The Labute approximate surface area is 183 Å². The minimum atomic E-state index is -1.79. The van der Waals surface area contributed by atoms with Crippen molar-refractivity contribution in [3.63, 3.8) is 0 Å². The summed E-state index contributed by atoms with van der Waals surface area (Å²) in [6.07, 6.45) is 0.419. The molecule has 3 aliphatic heterocycles. The van der Waals surface area contributed by atoms with E-state index in [9.17, 15) is 24.5 Å². The lowest BCUT2D eigenvalue weighted by atomic mass is 9.60. The van der Waals surface area contributed by atoms with E-state index in [1.807, 2.05) is 13.8 Å². The van der Waals surface area contributed by atoms with Gasteiger partial charge in [0.25, 0.3) is 5.69 Å². The van der Waals surface area contributed by atoms with Gasteiger partial charge in [-0.1, -0.05) is 13.8 Å². The number of ketones is 2. The van der Waals surface area contributed by atoms with Gasteiger partial charge >= 0.3 is 0 Å². The van der Waals surface area contributed by atoms with Gasteiger partial charge in [0.2, 0.25) is 5.91 Å². The molecule has 0 radical (unpaired) electrons. The van der Waals surface area contributed by atoms with E-state index in [4.69, 9.17) is 5.73 Å². The number of hydrogen-bond acceptors (Lipinski definition) is 8. The van der Waals surface area contributed by atoms with Crippen LogP contribution in [0.1, 0.15) is 38.7 Å². The molecule has 0 saturated heterocycles. The molecule has 4 aliphatic rings. The molecule has 1 unspecified atom stereocenters. The molecule has 1 spiro atoms. The summed E-state index contributed by atoms with van der Waals surface area (Å²) in [5.41, 5.74) is 4.83. The number of nitrogens with one attached hydrogen (secondary N) is 1. The summed E-state index contributed by atoms with van der Waals surface area (Å²) >= 11 is 0. The monoisotopic (exact) mass is 435 g/mol. The van der Waals surface area contributed by atoms with Gasteiger partial charge in [-0.3, -0.25) is 24.5 Å². The Bertz CT molecular complexity index is 1270. The van der Waals surface area contributed by atoms with E-state index >= 15 is 0 Å². The van der Waals surface area contributed by atoms with Gasteiger partial charge in [-0.15, -0.1) is 0 Å². The second-order valence-corrected chi connectivity index (χ2v) is 9.42. The molecule has 0 fully saturated rings. The van der Waals surface area contributed by atoms with Crippen molar-refractivity contribution >= 4 is 34.7 Å². The van der Waals surface area contributed by atoms with Crippen LogP contribution in [0.5, 0.6) is 0 Å². The highest BCUT2D eigenvalue weighted by molar-refractivity contribution is 6.26. The molecule has 1 atom stereocenters. The molecule has 0 saturated carbocycles. The second-order valence-electron chi connectivity index (χ2n) is 9.42. The highest BCUT2D eigenvalue weighted by Gasteiger charge is 2.63. The predicted molar refractivity (Wildman–Crippen MR) is 115 cm³/mol. The zero-order valence-corrected chi connectivity index (χ0v) is 17.8. The molecule has 1 aliphatic carbocycles. The van der Waals surface area contributed by atoms with Crippen molar-refractivity contribution in [2.75, 3.05) is 11.9 Å². The number of Topliss-reactive ketones (excluding diaryl/α,β-unsaturated/α-hetero) is 2. The molecule has 164 valence electrons. The highest BCUT2D eigenvalue weighted by Crippen LogP contribution is 2.57. The zero-order chi connectivity index (χ0) is 23.2. The van der Waals surface area contributed by atoms with Crippen molar-refractivity contribution in [3.05, 3.63) is 56.5 Å². The first-order valence-electron chi connectivity index (χ1n) is 10.2. The van der Waals surface area contributed by atoms with Crippen LogP contribution < -0.4 is 16.0 Å². The second kappa shape index (κ2) is 6.12. The van der Waals surface area contributed by atoms with Crippen molar-refractivity contribution < 1.29 is 19.3 Å². The summed E-state index contributed by atoms with van der Waals surface area (Å²) in [5.74, 6) is -0.993. The van der Waals surface area contributed by atoms with Gasteiger partial charge in [0, 0.05) is 48.1 Å². The largest absolute Gasteiger partial charge is 0.387 e. The van der Waals surface area contributed by atoms with Gasteiger partial charge in [-0.05, 0) is 17.9 Å². The smallest absolute Gasteiger partial charge is 0.269 e. The lowest BCUT2D eigenvalue weighted by Gasteiger charge is -2.44. The first kappa shape index (κ1) is 20.1. The van der Waals surface area contributed by atoms with Crippen LogP contribution in [0.4, 0.5) is 11.4 Å². The molecule has 5 rings (SSSR count). The molecule has 1 amide bonds. The molecule has 3 heterocycles. The third-order valence-corrected chi connectivity index (χ3v) is 6.59. The Morgan fingerprint density at radius 1 is 1.16 bits per heavy atom. The molecule has 10 nitrogen and oxygen atoms in total. The number of nitro groups is 1. The van der Waals surface area contributed by atoms with Crippen LogP contribution in [0, 0.1) is 15.5 Å². The minimum Gasteiger partial charge on any atom is -0.387 e. The van der Waals surface area contributed by atoms with Crippen molar-refractivity contribution in [1.29, 1.82) is 0 Å². The number of fused-ring (bicyclic) bond motifs is 4. The number of allylic oxidation sites excluding steroid dienone is 1. The van der Waals surface area contributed by atoms with Crippen LogP contribution in [-0.4, -0.2) is 35.3 Å². The number of hydrogen-bond donors (Lipinski definition) is 2. The van der Waals surface area contributed by atoms with Gasteiger partial charge in [0.15, 0.2) is 11.6 Å². The van der Waals surface area contributed by atoms with Gasteiger partial charge < -0.3 is 16.0 Å². The fraction of sp³-hybridized carbons (Fsp3) is 0.364. The number of rotatable bonds is 1. The van der Waals surface area contributed by atoms with Crippen LogP contribution in [0.25, 0.3) is 0 Å². The Balaban J connectivity index is 1.92. The highest BCUT2D eigenvalue weighted by atomic mass is 16.6. The maximum atomic E-state index is 13.9. The topological polar surface area (TPSA) is 148 Å². The normalized spacial score (nSPS) is 26.0. The maximum absolute atomic E-state index is 13.9. The van der Waals surface area contributed by atoms with Crippen LogP contribution in [0.3, 0.4) is 0 Å². The summed E-state index contributed by atoms with van der Waals surface area (Å²) in [7, 11) is 1.53. The van der Waals surface area contributed by atoms with Gasteiger partial charge in [-0.25, -0.2) is 4.99 Å². The number of amidine groups is 1. The van der Waals surface area contributed by atoms with E-state index in [-0.39, 0.29) is 58.1 Å². The number of non-ortho nitro benzene ring substituents is 1. The van der Waals surface area contributed by atoms with E-state index in [1.165, 1.54) is 30.1 Å². The fourth-order valence-corrected chi connectivity index (χ4v) is 5.42. The van der Waals surface area contributed by atoms with E-state index in [0.717, 1.165) is 0 Å². The van der Waals surface area contributed by atoms with Crippen LogP contribution >= 0.6 is 0 Å². The number of carbonyl (C=O) groups excluding carboxylic acids is 3. The summed E-state index contributed by atoms with van der Waals surface area (Å²) in [6.45, 7) is 3.88. The van der Waals surface area contributed by atoms with Gasteiger partial charge in [-0.2, -0.15) is 0 Å². The minimum absolute atomic E-state index is 0.0228. The lowest BCUT2D eigenvalue weighted by molar-refractivity contribution is -0.384. The van der Waals surface area contributed by atoms with E-state index in [0.29, 0.717) is 17.8 Å². The lowest BCUT2D eigenvalue weighted by Crippen LogP contribution is -2.54. The number of benzene rings is 1. The number of aliphatic imine (C=N–C) groups is 1. The van der Waals surface area contributed by atoms with E-state index in [1.54, 1.807) is 0 Å². The molecule has 32 heavy (non-hydrogen) atoms. The number of nitrogens with two attached hydrogens (primary N) is 1. The Kier molecular flexibility index (Phi) is 3.84. The fourth-order valence-electron chi connectivity index (χ4n) is 5.42. The molecular weight excluding hydrogens is 414 g/mol. The number of carbonyl (C=O) groups is 3. The van der Waals surface area contributed by atoms with Crippen LogP contribution in [0.2, 0.25) is 0 Å². The molecule has 10 heteroatoms. The van der Waals surface area contributed by atoms with Crippen molar-refractivity contribution in [2.45, 2.75) is 38.5 Å². The first-order valence-corrected chi connectivity index (χ1v) is 10.2. The SMILES string of the molecule is CN1C(=O)C2(C3=C(CC(C)(C)CC3=O)NC3=C2C(=O)CC(N)=N3)c2cc([N+](=O)[O-])ccc21. The summed E-state index contributed by atoms with van der Waals surface area (Å²) in [6, 6.07) is 4.07. The average molecular weight is 435 g/mol. The quantitative estimate of drug-likeness (QED) is 0.503. The molecule has 1 aromatic rings. The van der Waals surface area contributed by atoms with E-state index < -0.39 is 22.0 Å². The summed E-state index contributed by atoms with van der Waals surface area (Å²) in [4.78, 5) is 57.4. The molecule has 1 aromatic carbocycles. The first-order chi connectivity index (χ1) is 15.0. The third kappa shape index (κ3) is 2.40. The van der Waals surface area contributed by atoms with Gasteiger partial charge in [0.05, 0.1) is 16.9 Å². The zero-order valence-electron chi connectivity index (χ0n) is 17.8. The molecule has 0 bridgehead atoms. The number of anilines is 1. The van der Waals surface area contributed by atoms with Crippen molar-refractivity contribution in [1.82, 2.24) is 5.32 Å². The van der Waals surface area contributed by atoms with Gasteiger partial charge in [0.1, 0.15) is 17.1 Å². The maximum Gasteiger partial charge on any atom is 0.269 e. The summed E-state index contributed by atoms with van der Waals surface area (Å²) < 4.78 is 0. The summed E-state index contributed by atoms with van der Waals surface area (Å²) in [5, 5.41) is 14.7. The van der Waals surface area contributed by atoms with Crippen LogP contribution in [-0.2, 0) is 19.8 Å². The number of dihydropyridines is 1. The number of nitrogens with zero attached hydrogens (tertiary/aromatic N) is 3. The predicted octanol–water partition coefficient (Wildman–Crippen LogP) is 1.60. The van der Waals surface area contributed by atoms with E-state index in [2.05, 4.69) is 10.3 Å². The molecule has 0 aromatic heterocycles. The number of nitro benzene ring substituents is 1. The number of likely N-dealkylation sites (N-methyl/N-ethyl adjacent to an activating group) is 1.